The summed E-state index contributed by atoms with van der Waals surface area (Å²) in [5.74, 6) is -1.98. The summed E-state index contributed by atoms with van der Waals surface area (Å²) < 4.78 is 28.5. The molecule has 2 nitrogen and oxygen atoms in total. The van der Waals surface area contributed by atoms with Crippen LogP contribution in [0, 0.1) is 15.2 Å². The predicted molar refractivity (Wildman–Crippen MR) is 88.9 cm³/mol. The van der Waals surface area contributed by atoms with Gasteiger partial charge in [0.15, 0.2) is 0 Å². The summed E-state index contributed by atoms with van der Waals surface area (Å²) in [6, 6.07) is 6.42. The van der Waals surface area contributed by atoms with E-state index in [9.17, 15) is 13.6 Å². The molecule has 2 aromatic rings. The zero-order valence-electron chi connectivity index (χ0n) is 9.68. The van der Waals surface area contributed by atoms with E-state index in [1.807, 2.05) is 22.6 Å². The number of hydrogen-bond acceptors (Lipinski definition) is 1. The molecule has 0 spiro atoms. The molecule has 104 valence electrons. The molecule has 0 radical (unpaired) electrons. The van der Waals surface area contributed by atoms with Crippen LogP contribution in [0.3, 0.4) is 0 Å². The van der Waals surface area contributed by atoms with Crippen LogP contribution in [-0.4, -0.2) is 5.91 Å². The van der Waals surface area contributed by atoms with Gasteiger partial charge >= 0.3 is 0 Å². The number of anilines is 1. The summed E-state index contributed by atoms with van der Waals surface area (Å²) in [6.45, 7) is 0. The van der Waals surface area contributed by atoms with Crippen LogP contribution in [0.5, 0.6) is 0 Å². The third-order valence-electron chi connectivity index (χ3n) is 2.42. The Labute approximate surface area is 144 Å². The van der Waals surface area contributed by atoms with Crippen molar-refractivity contribution in [3.05, 3.63) is 60.0 Å². The molecule has 0 atom stereocenters. The maximum atomic E-state index is 13.5. The fourth-order valence-corrected chi connectivity index (χ4v) is 3.28. The van der Waals surface area contributed by atoms with Crippen LogP contribution >= 0.6 is 54.5 Å². The van der Waals surface area contributed by atoms with Crippen molar-refractivity contribution in [2.75, 3.05) is 5.32 Å². The van der Waals surface area contributed by atoms with Gasteiger partial charge in [0.25, 0.3) is 5.91 Å². The highest BCUT2D eigenvalue weighted by molar-refractivity contribution is 14.1. The van der Waals surface area contributed by atoms with Gasteiger partial charge in [-0.25, -0.2) is 8.78 Å². The zero-order valence-corrected chi connectivity index (χ0v) is 15.0. The number of amides is 1. The molecular formula is C13H6Br2F2INO. The van der Waals surface area contributed by atoms with E-state index in [1.54, 1.807) is 12.1 Å². The van der Waals surface area contributed by atoms with E-state index in [0.717, 1.165) is 21.1 Å². The third-order valence-corrected chi connectivity index (χ3v) is 5.40. The van der Waals surface area contributed by atoms with E-state index in [-0.39, 0.29) is 5.69 Å². The Morgan fingerprint density at radius 1 is 1.15 bits per heavy atom. The van der Waals surface area contributed by atoms with Crippen LogP contribution in [0.1, 0.15) is 10.4 Å². The smallest absolute Gasteiger partial charge is 0.256 e. The van der Waals surface area contributed by atoms with Gasteiger partial charge in [0.2, 0.25) is 0 Å². The predicted octanol–water partition coefficient (Wildman–Crippen LogP) is 5.35. The molecule has 2 rings (SSSR count). The second kappa shape index (κ2) is 6.48. The highest BCUT2D eigenvalue weighted by Crippen LogP contribution is 2.28. The Balaban J connectivity index is 2.33. The molecule has 20 heavy (non-hydrogen) atoms. The molecule has 2 aromatic carbocycles. The molecule has 1 amide bonds. The second-order valence-corrected chi connectivity index (χ2v) is 6.68. The molecule has 0 unspecified atom stereocenters. The number of carbonyl (C=O) groups excluding carboxylic acids is 1. The van der Waals surface area contributed by atoms with Gasteiger partial charge in [-0.1, -0.05) is 15.9 Å². The van der Waals surface area contributed by atoms with E-state index >= 15 is 0 Å². The quantitative estimate of drug-likeness (QED) is 0.423. The molecule has 0 bridgehead atoms. The Morgan fingerprint density at radius 2 is 1.85 bits per heavy atom. The summed E-state index contributed by atoms with van der Waals surface area (Å²) in [7, 11) is 0. The van der Waals surface area contributed by atoms with E-state index < -0.39 is 17.5 Å². The minimum Gasteiger partial charge on any atom is -0.319 e. The molecule has 0 fully saturated rings. The summed E-state index contributed by atoms with van der Waals surface area (Å²) in [4.78, 5) is 12.2. The van der Waals surface area contributed by atoms with E-state index in [1.165, 1.54) is 6.07 Å². The first-order valence-corrected chi connectivity index (χ1v) is 7.96. The van der Waals surface area contributed by atoms with Gasteiger partial charge < -0.3 is 5.32 Å². The van der Waals surface area contributed by atoms with E-state index in [4.69, 9.17) is 0 Å². The van der Waals surface area contributed by atoms with Crippen LogP contribution in [0.2, 0.25) is 0 Å². The molecule has 0 aromatic heterocycles. The van der Waals surface area contributed by atoms with Crippen molar-refractivity contribution in [2.24, 2.45) is 0 Å². The first-order valence-electron chi connectivity index (χ1n) is 5.29. The minimum absolute atomic E-state index is 0.0664. The number of nitrogens with one attached hydrogen (secondary N) is 1. The number of rotatable bonds is 2. The summed E-state index contributed by atoms with van der Waals surface area (Å²) >= 11 is 8.63. The van der Waals surface area contributed by atoms with Crippen LogP contribution in [0.4, 0.5) is 14.5 Å². The maximum Gasteiger partial charge on any atom is 0.256 e. The average Bonchev–Trinajstić information content (AvgIpc) is 2.37. The van der Waals surface area contributed by atoms with Gasteiger partial charge in [0, 0.05) is 18.6 Å². The number of carbonyl (C=O) groups is 1. The normalized spacial score (nSPS) is 10.4. The summed E-state index contributed by atoms with van der Waals surface area (Å²) in [5, 5.41) is 2.42. The Morgan fingerprint density at radius 3 is 2.50 bits per heavy atom. The fraction of sp³-hybridized carbons (Fsp3) is 0. The van der Waals surface area contributed by atoms with Crippen LogP contribution in [0.25, 0.3) is 0 Å². The monoisotopic (exact) mass is 515 g/mol. The zero-order chi connectivity index (χ0) is 14.9. The lowest BCUT2D eigenvalue weighted by Gasteiger charge is -2.09. The van der Waals surface area contributed by atoms with Crippen molar-refractivity contribution >= 4 is 66.0 Å². The lowest BCUT2D eigenvalue weighted by molar-refractivity contribution is 0.102. The lowest BCUT2D eigenvalue weighted by atomic mass is 10.2. The van der Waals surface area contributed by atoms with Crippen molar-refractivity contribution in [3.63, 3.8) is 0 Å². The molecule has 0 saturated heterocycles. The molecule has 1 N–H and O–H groups in total. The molecule has 0 aliphatic heterocycles. The van der Waals surface area contributed by atoms with Crippen molar-refractivity contribution in [2.45, 2.75) is 0 Å². The van der Waals surface area contributed by atoms with Gasteiger partial charge in [-0.3, -0.25) is 4.79 Å². The first kappa shape index (κ1) is 15.8. The lowest BCUT2D eigenvalue weighted by Crippen LogP contribution is -2.15. The fourth-order valence-electron chi connectivity index (χ4n) is 1.50. The molecule has 0 aliphatic rings. The van der Waals surface area contributed by atoms with Crippen molar-refractivity contribution in [3.8, 4) is 0 Å². The standard InChI is InChI=1S/C13H6Br2F2INO/c14-6-3-8(12(18)9(15)4-6)13(20)19-11-2-1-7(16)5-10(11)17/h1-5H,(H,19,20). The highest BCUT2D eigenvalue weighted by atomic mass is 127. The van der Waals surface area contributed by atoms with Crippen LogP contribution in [-0.2, 0) is 0 Å². The van der Waals surface area contributed by atoms with Crippen LogP contribution in [0.15, 0.2) is 39.3 Å². The second-order valence-electron chi connectivity index (χ2n) is 3.83. The Hall–Kier alpha value is -0.540. The van der Waals surface area contributed by atoms with Crippen molar-refractivity contribution in [1.29, 1.82) is 0 Å². The Kier molecular flexibility index (Phi) is 5.14. The minimum atomic E-state index is -0.817. The molecule has 0 saturated carbocycles. The SMILES string of the molecule is O=C(Nc1ccc(F)cc1F)c1cc(Br)cc(Br)c1I. The van der Waals surface area contributed by atoms with Crippen molar-refractivity contribution < 1.29 is 13.6 Å². The summed E-state index contributed by atoms with van der Waals surface area (Å²) in [6.07, 6.45) is 0. The van der Waals surface area contributed by atoms with Gasteiger partial charge in [-0.15, -0.1) is 0 Å². The first-order chi connectivity index (χ1) is 9.38. The van der Waals surface area contributed by atoms with Crippen molar-refractivity contribution in [1.82, 2.24) is 0 Å². The number of hydrogen-bond donors (Lipinski definition) is 1. The topological polar surface area (TPSA) is 29.1 Å². The molecule has 0 aliphatic carbocycles. The number of benzene rings is 2. The average molecular weight is 517 g/mol. The Bertz CT molecular complexity index is 694. The van der Waals surface area contributed by atoms with Gasteiger partial charge in [0.05, 0.1) is 11.3 Å². The largest absolute Gasteiger partial charge is 0.319 e. The van der Waals surface area contributed by atoms with E-state index in [2.05, 4.69) is 37.2 Å². The van der Waals surface area contributed by atoms with Gasteiger partial charge in [-0.05, 0) is 62.8 Å². The van der Waals surface area contributed by atoms with Crippen LogP contribution < -0.4 is 5.32 Å². The van der Waals surface area contributed by atoms with Gasteiger partial charge in [0.1, 0.15) is 11.6 Å². The summed E-state index contributed by atoms with van der Waals surface area (Å²) in [5.41, 5.74) is 0.318. The van der Waals surface area contributed by atoms with E-state index in [0.29, 0.717) is 9.13 Å². The molecule has 7 heteroatoms. The molecular weight excluding hydrogens is 511 g/mol. The highest BCUT2D eigenvalue weighted by Gasteiger charge is 2.15. The maximum absolute atomic E-state index is 13.5. The third kappa shape index (κ3) is 3.56. The number of halogens is 5. The molecule has 0 heterocycles. The van der Waals surface area contributed by atoms with Gasteiger partial charge in [-0.2, -0.15) is 0 Å².